The van der Waals surface area contributed by atoms with E-state index in [1.54, 1.807) is 0 Å². The highest BCUT2D eigenvalue weighted by molar-refractivity contribution is 5.86. The van der Waals surface area contributed by atoms with E-state index in [0.717, 1.165) is 26.1 Å². The van der Waals surface area contributed by atoms with Crippen molar-refractivity contribution in [2.45, 2.75) is 26.2 Å². The fourth-order valence-corrected chi connectivity index (χ4v) is 1.51. The van der Waals surface area contributed by atoms with Gasteiger partial charge in [0.1, 0.15) is 0 Å². The summed E-state index contributed by atoms with van der Waals surface area (Å²) in [5.41, 5.74) is 0.534. The third-order valence-electron chi connectivity index (χ3n) is 2.36. The van der Waals surface area contributed by atoms with Crippen LogP contribution in [0.4, 0.5) is 0 Å². The fourth-order valence-electron chi connectivity index (χ4n) is 1.51. The molecule has 3 nitrogen and oxygen atoms in total. The van der Waals surface area contributed by atoms with E-state index in [9.17, 15) is 4.79 Å². The summed E-state index contributed by atoms with van der Waals surface area (Å²) in [6, 6.07) is 0. The zero-order valence-corrected chi connectivity index (χ0v) is 7.95. The van der Waals surface area contributed by atoms with Gasteiger partial charge in [0.2, 0.25) is 0 Å². The number of carbonyl (C=O) groups is 1. The SMILES string of the molecule is CC/C(=C/C1CCOCC1)C(=O)O. The smallest absolute Gasteiger partial charge is 0.331 e. The molecule has 0 atom stereocenters. The summed E-state index contributed by atoms with van der Waals surface area (Å²) < 4.78 is 5.20. The summed E-state index contributed by atoms with van der Waals surface area (Å²) in [6.07, 6.45) is 4.41. The first-order valence-corrected chi connectivity index (χ1v) is 4.75. The van der Waals surface area contributed by atoms with Crippen molar-refractivity contribution in [2.75, 3.05) is 13.2 Å². The third kappa shape index (κ3) is 3.19. The van der Waals surface area contributed by atoms with Crippen LogP contribution < -0.4 is 0 Å². The first-order valence-electron chi connectivity index (χ1n) is 4.75. The van der Waals surface area contributed by atoms with Crippen LogP contribution in [-0.2, 0) is 9.53 Å². The molecule has 0 bridgehead atoms. The molecule has 0 amide bonds. The van der Waals surface area contributed by atoms with E-state index in [4.69, 9.17) is 9.84 Å². The van der Waals surface area contributed by atoms with Crippen molar-refractivity contribution in [2.24, 2.45) is 5.92 Å². The number of carboxylic acid groups (broad SMARTS) is 1. The van der Waals surface area contributed by atoms with Gasteiger partial charge in [-0.05, 0) is 25.2 Å². The molecule has 0 aromatic carbocycles. The van der Waals surface area contributed by atoms with Gasteiger partial charge in [0, 0.05) is 18.8 Å². The van der Waals surface area contributed by atoms with Crippen LogP contribution >= 0.6 is 0 Å². The largest absolute Gasteiger partial charge is 0.478 e. The topological polar surface area (TPSA) is 46.5 Å². The maximum Gasteiger partial charge on any atom is 0.331 e. The van der Waals surface area contributed by atoms with E-state index in [1.165, 1.54) is 0 Å². The number of allylic oxidation sites excluding steroid dienone is 1. The molecule has 1 aliphatic rings. The van der Waals surface area contributed by atoms with Crippen molar-refractivity contribution in [3.05, 3.63) is 11.6 Å². The second-order valence-electron chi connectivity index (χ2n) is 3.30. The van der Waals surface area contributed by atoms with E-state index in [-0.39, 0.29) is 0 Å². The zero-order chi connectivity index (χ0) is 9.68. The summed E-state index contributed by atoms with van der Waals surface area (Å²) in [7, 11) is 0. The van der Waals surface area contributed by atoms with Crippen molar-refractivity contribution < 1.29 is 14.6 Å². The van der Waals surface area contributed by atoms with Gasteiger partial charge in [0.05, 0.1) is 0 Å². The molecule has 1 aliphatic heterocycles. The number of carboxylic acids is 1. The Bertz CT molecular complexity index is 202. The molecule has 0 saturated carbocycles. The Balaban J connectivity index is 2.54. The second kappa shape index (κ2) is 5.02. The van der Waals surface area contributed by atoms with Crippen molar-refractivity contribution in [1.82, 2.24) is 0 Å². The van der Waals surface area contributed by atoms with E-state index in [1.807, 2.05) is 13.0 Å². The summed E-state index contributed by atoms with van der Waals surface area (Å²) >= 11 is 0. The lowest BCUT2D eigenvalue weighted by Gasteiger charge is -2.19. The van der Waals surface area contributed by atoms with Gasteiger partial charge in [-0.25, -0.2) is 4.79 Å². The lowest BCUT2D eigenvalue weighted by molar-refractivity contribution is -0.132. The van der Waals surface area contributed by atoms with Crippen molar-refractivity contribution in [3.63, 3.8) is 0 Å². The van der Waals surface area contributed by atoms with Crippen LogP contribution in [0.1, 0.15) is 26.2 Å². The van der Waals surface area contributed by atoms with Gasteiger partial charge < -0.3 is 9.84 Å². The maximum atomic E-state index is 10.7. The lowest BCUT2D eigenvalue weighted by Crippen LogP contribution is -2.15. The van der Waals surface area contributed by atoms with Crippen LogP contribution in [-0.4, -0.2) is 24.3 Å². The van der Waals surface area contributed by atoms with E-state index in [0.29, 0.717) is 17.9 Å². The number of aliphatic carboxylic acids is 1. The Hall–Kier alpha value is -0.830. The monoisotopic (exact) mass is 184 g/mol. The maximum absolute atomic E-state index is 10.7. The number of ether oxygens (including phenoxy) is 1. The van der Waals surface area contributed by atoms with Gasteiger partial charge in [-0.15, -0.1) is 0 Å². The third-order valence-corrected chi connectivity index (χ3v) is 2.36. The highest BCUT2D eigenvalue weighted by Crippen LogP contribution is 2.18. The summed E-state index contributed by atoms with van der Waals surface area (Å²) in [6.45, 7) is 3.40. The van der Waals surface area contributed by atoms with E-state index >= 15 is 0 Å². The van der Waals surface area contributed by atoms with E-state index < -0.39 is 5.97 Å². The van der Waals surface area contributed by atoms with Gasteiger partial charge >= 0.3 is 5.97 Å². The average molecular weight is 184 g/mol. The minimum Gasteiger partial charge on any atom is -0.478 e. The van der Waals surface area contributed by atoms with Crippen molar-refractivity contribution in [1.29, 1.82) is 0 Å². The Morgan fingerprint density at radius 2 is 2.15 bits per heavy atom. The van der Waals surface area contributed by atoms with Crippen LogP contribution in [0.2, 0.25) is 0 Å². The first-order chi connectivity index (χ1) is 6.24. The molecule has 1 heterocycles. The molecule has 1 saturated heterocycles. The van der Waals surface area contributed by atoms with Gasteiger partial charge in [0.15, 0.2) is 0 Å². The Labute approximate surface area is 78.4 Å². The predicted octanol–water partition coefficient (Wildman–Crippen LogP) is 1.83. The molecule has 1 rings (SSSR count). The Morgan fingerprint density at radius 1 is 1.54 bits per heavy atom. The van der Waals surface area contributed by atoms with Crippen LogP contribution in [0, 0.1) is 5.92 Å². The van der Waals surface area contributed by atoms with Crippen LogP contribution in [0.5, 0.6) is 0 Å². The number of hydrogen-bond donors (Lipinski definition) is 1. The molecular weight excluding hydrogens is 168 g/mol. The Morgan fingerprint density at radius 3 is 2.62 bits per heavy atom. The molecule has 13 heavy (non-hydrogen) atoms. The first kappa shape index (κ1) is 10.3. The second-order valence-corrected chi connectivity index (χ2v) is 3.30. The van der Waals surface area contributed by atoms with Crippen LogP contribution in [0.15, 0.2) is 11.6 Å². The molecule has 1 fully saturated rings. The predicted molar refractivity (Wildman–Crippen MR) is 49.6 cm³/mol. The van der Waals surface area contributed by atoms with Crippen molar-refractivity contribution in [3.8, 4) is 0 Å². The van der Waals surface area contributed by atoms with E-state index in [2.05, 4.69) is 0 Å². The molecule has 1 N–H and O–H groups in total. The Kier molecular flexibility index (Phi) is 3.96. The number of rotatable bonds is 3. The van der Waals surface area contributed by atoms with Crippen molar-refractivity contribution >= 4 is 5.97 Å². The molecule has 0 spiro atoms. The number of hydrogen-bond acceptors (Lipinski definition) is 2. The van der Waals surface area contributed by atoms with Gasteiger partial charge in [-0.3, -0.25) is 0 Å². The highest BCUT2D eigenvalue weighted by atomic mass is 16.5. The molecular formula is C10H16O3. The summed E-state index contributed by atoms with van der Waals surface area (Å²) in [5.74, 6) is -0.381. The minimum atomic E-state index is -0.783. The lowest BCUT2D eigenvalue weighted by atomic mass is 9.96. The average Bonchev–Trinajstić information content (AvgIpc) is 2.15. The minimum absolute atomic E-state index is 0.403. The van der Waals surface area contributed by atoms with Gasteiger partial charge in [-0.2, -0.15) is 0 Å². The highest BCUT2D eigenvalue weighted by Gasteiger charge is 2.14. The van der Waals surface area contributed by atoms with Gasteiger partial charge in [0.25, 0.3) is 0 Å². The summed E-state index contributed by atoms with van der Waals surface area (Å²) in [5, 5.41) is 8.80. The standard InChI is InChI=1S/C10H16O3/c1-2-9(10(11)12)7-8-3-5-13-6-4-8/h7-8H,2-6H2,1H3,(H,11,12)/b9-7-. The van der Waals surface area contributed by atoms with Gasteiger partial charge in [-0.1, -0.05) is 13.0 Å². The zero-order valence-electron chi connectivity index (χ0n) is 7.95. The molecule has 0 radical (unpaired) electrons. The normalized spacial score (nSPS) is 20.2. The van der Waals surface area contributed by atoms with Crippen LogP contribution in [0.3, 0.4) is 0 Å². The molecule has 0 aliphatic carbocycles. The molecule has 74 valence electrons. The quantitative estimate of drug-likeness (QED) is 0.681. The summed E-state index contributed by atoms with van der Waals surface area (Å²) in [4.78, 5) is 10.7. The fraction of sp³-hybridized carbons (Fsp3) is 0.700. The molecule has 0 aromatic rings. The molecule has 3 heteroatoms. The molecule has 0 unspecified atom stereocenters. The molecule has 0 aromatic heterocycles. The van der Waals surface area contributed by atoms with Crippen LogP contribution in [0.25, 0.3) is 0 Å².